The Morgan fingerprint density at radius 3 is 1.97 bits per heavy atom. The van der Waals surface area contributed by atoms with E-state index >= 15 is 0 Å². The molecule has 0 heterocycles. The van der Waals surface area contributed by atoms with Gasteiger partial charge in [-0.2, -0.15) is 11.8 Å². The van der Waals surface area contributed by atoms with Crippen molar-refractivity contribution < 1.29 is 34.2 Å². The minimum Gasteiger partial charge on any atom is -0.480 e. The molecular formula is C18H34N6O7S. The molecule has 0 aromatic carbocycles. The van der Waals surface area contributed by atoms with Gasteiger partial charge in [0.1, 0.15) is 24.2 Å². The minimum atomic E-state index is -1.44. The molecule has 32 heavy (non-hydrogen) atoms. The summed E-state index contributed by atoms with van der Waals surface area (Å²) in [5.41, 5.74) is 16.0. The Balaban J connectivity index is 5.44. The van der Waals surface area contributed by atoms with Crippen LogP contribution < -0.4 is 33.2 Å². The molecule has 4 atom stereocenters. The van der Waals surface area contributed by atoms with Gasteiger partial charge in [0.2, 0.25) is 23.6 Å². The summed E-state index contributed by atoms with van der Waals surface area (Å²) in [4.78, 5) is 60.1. The predicted molar refractivity (Wildman–Crippen MR) is 118 cm³/mol. The van der Waals surface area contributed by atoms with E-state index in [4.69, 9.17) is 22.3 Å². The first-order valence-electron chi connectivity index (χ1n) is 10.0. The summed E-state index contributed by atoms with van der Waals surface area (Å²) in [6.07, 6.45) is 2.58. The van der Waals surface area contributed by atoms with Crippen molar-refractivity contribution in [3.05, 3.63) is 0 Å². The monoisotopic (exact) mass is 478 g/mol. The molecule has 4 unspecified atom stereocenters. The number of carboxylic acids is 1. The van der Waals surface area contributed by atoms with E-state index in [0.29, 0.717) is 25.1 Å². The molecule has 0 aliphatic heterocycles. The number of nitrogens with one attached hydrogen (secondary N) is 3. The maximum absolute atomic E-state index is 12.7. The molecule has 0 aliphatic carbocycles. The van der Waals surface area contributed by atoms with Gasteiger partial charge >= 0.3 is 5.97 Å². The molecule has 11 N–H and O–H groups in total. The van der Waals surface area contributed by atoms with Crippen LogP contribution in [0.15, 0.2) is 0 Å². The Hall–Kier alpha value is -2.42. The minimum absolute atomic E-state index is 0.150. The molecule has 0 aromatic rings. The van der Waals surface area contributed by atoms with E-state index in [-0.39, 0.29) is 12.8 Å². The van der Waals surface area contributed by atoms with Crippen molar-refractivity contribution in [2.45, 2.75) is 56.3 Å². The van der Waals surface area contributed by atoms with E-state index in [1.807, 2.05) is 0 Å². The van der Waals surface area contributed by atoms with E-state index in [0.717, 1.165) is 0 Å². The number of carboxylic acid groups (broad SMARTS) is 1. The maximum Gasteiger partial charge on any atom is 0.326 e. The summed E-state index contributed by atoms with van der Waals surface area (Å²) < 4.78 is 0. The summed E-state index contributed by atoms with van der Waals surface area (Å²) in [5.74, 6) is -4.10. The van der Waals surface area contributed by atoms with Crippen LogP contribution >= 0.6 is 11.8 Å². The van der Waals surface area contributed by atoms with Crippen molar-refractivity contribution >= 4 is 41.4 Å². The third-order valence-electron chi connectivity index (χ3n) is 4.38. The molecule has 0 aromatic heterocycles. The number of nitrogens with two attached hydrogens (primary N) is 3. The molecule has 0 aliphatic rings. The number of unbranched alkanes of at least 4 members (excludes halogenated alkanes) is 1. The molecule has 0 spiro atoms. The molecule has 0 rings (SSSR count). The molecule has 184 valence electrons. The van der Waals surface area contributed by atoms with Gasteiger partial charge in [0.25, 0.3) is 0 Å². The summed E-state index contributed by atoms with van der Waals surface area (Å²) in [5, 5.41) is 25.3. The zero-order valence-corrected chi connectivity index (χ0v) is 18.9. The third-order valence-corrected chi connectivity index (χ3v) is 5.02. The normalized spacial score (nSPS) is 14.5. The molecule has 13 nitrogen and oxygen atoms in total. The van der Waals surface area contributed by atoms with Crippen LogP contribution in [0.1, 0.15) is 32.1 Å². The Morgan fingerprint density at radius 2 is 1.47 bits per heavy atom. The van der Waals surface area contributed by atoms with Crippen LogP contribution in [0.5, 0.6) is 0 Å². The van der Waals surface area contributed by atoms with Gasteiger partial charge in [0.15, 0.2) is 0 Å². The first-order valence-corrected chi connectivity index (χ1v) is 11.4. The summed E-state index contributed by atoms with van der Waals surface area (Å²) in [6, 6.07) is -5.04. The third kappa shape index (κ3) is 11.8. The van der Waals surface area contributed by atoms with Gasteiger partial charge in [-0.3, -0.25) is 19.2 Å². The van der Waals surface area contributed by atoms with Crippen molar-refractivity contribution in [2.24, 2.45) is 17.2 Å². The number of aliphatic hydroxyl groups is 1. The first kappa shape index (κ1) is 29.6. The van der Waals surface area contributed by atoms with Gasteiger partial charge in [-0.1, -0.05) is 0 Å². The van der Waals surface area contributed by atoms with Crippen molar-refractivity contribution in [1.29, 1.82) is 0 Å². The molecular weight excluding hydrogens is 444 g/mol. The van der Waals surface area contributed by atoms with E-state index in [9.17, 15) is 29.1 Å². The summed E-state index contributed by atoms with van der Waals surface area (Å²) in [6.45, 7) is -0.333. The van der Waals surface area contributed by atoms with Crippen LogP contribution in [0, 0.1) is 0 Å². The highest BCUT2D eigenvalue weighted by atomic mass is 32.2. The van der Waals surface area contributed by atoms with Gasteiger partial charge in [-0.05, 0) is 44.2 Å². The number of hydrogen-bond acceptors (Lipinski definition) is 9. The number of amides is 4. The van der Waals surface area contributed by atoms with Gasteiger partial charge in [0, 0.05) is 0 Å². The second-order valence-electron chi connectivity index (χ2n) is 7.05. The van der Waals surface area contributed by atoms with Crippen LogP contribution in [0.3, 0.4) is 0 Å². The van der Waals surface area contributed by atoms with E-state index in [1.54, 1.807) is 6.26 Å². The quantitative estimate of drug-likeness (QED) is 0.0963. The van der Waals surface area contributed by atoms with Crippen molar-refractivity contribution in [2.75, 3.05) is 25.2 Å². The number of hydrogen-bond donors (Lipinski definition) is 8. The predicted octanol–water partition coefficient (Wildman–Crippen LogP) is -3.40. The molecule has 0 saturated heterocycles. The lowest BCUT2D eigenvalue weighted by Gasteiger charge is -2.24. The second-order valence-corrected chi connectivity index (χ2v) is 8.03. The number of aliphatic hydroxyl groups excluding tert-OH is 1. The van der Waals surface area contributed by atoms with Crippen LogP contribution in [0.4, 0.5) is 0 Å². The lowest BCUT2D eigenvalue weighted by Crippen LogP contribution is -2.58. The van der Waals surface area contributed by atoms with Crippen molar-refractivity contribution in [1.82, 2.24) is 16.0 Å². The SMILES string of the molecule is CSCCC(NC(=O)C(CCCCN)NC(=O)C(CC(N)=O)NC(=O)C(N)CO)C(=O)O. The average Bonchev–Trinajstić information content (AvgIpc) is 2.73. The Morgan fingerprint density at radius 1 is 0.906 bits per heavy atom. The highest BCUT2D eigenvalue weighted by Gasteiger charge is 2.30. The van der Waals surface area contributed by atoms with Gasteiger partial charge < -0.3 is 43.4 Å². The molecule has 4 amide bonds. The zero-order chi connectivity index (χ0) is 24.7. The molecule has 0 bridgehead atoms. The number of aliphatic carboxylic acids is 1. The fourth-order valence-corrected chi connectivity index (χ4v) is 3.04. The van der Waals surface area contributed by atoms with Crippen LogP contribution in [0.25, 0.3) is 0 Å². The van der Waals surface area contributed by atoms with E-state index < -0.39 is 66.8 Å². The van der Waals surface area contributed by atoms with Gasteiger partial charge in [-0.15, -0.1) is 0 Å². The van der Waals surface area contributed by atoms with E-state index in [2.05, 4.69) is 16.0 Å². The van der Waals surface area contributed by atoms with Gasteiger partial charge in [-0.25, -0.2) is 4.79 Å². The second kappa shape index (κ2) is 16.2. The zero-order valence-electron chi connectivity index (χ0n) is 18.0. The van der Waals surface area contributed by atoms with Gasteiger partial charge in [0.05, 0.1) is 13.0 Å². The number of rotatable bonds is 17. The standard InChI is InChI=1S/C18H34N6O7S/c1-32-7-5-12(18(30)31)23-16(28)11(4-2-3-6-19)22-17(29)13(8-14(21)26)24-15(27)10(20)9-25/h10-13,25H,2-9,19-20H2,1H3,(H2,21,26)(H,22,29)(H,23,28)(H,24,27)(H,30,31). The Bertz CT molecular complexity index is 651. The fourth-order valence-electron chi connectivity index (χ4n) is 2.57. The lowest BCUT2D eigenvalue weighted by molar-refractivity contribution is -0.142. The number of carbonyl (C=O) groups excluding carboxylic acids is 4. The fraction of sp³-hybridized carbons (Fsp3) is 0.722. The van der Waals surface area contributed by atoms with E-state index in [1.165, 1.54) is 11.8 Å². The highest BCUT2D eigenvalue weighted by Crippen LogP contribution is 2.06. The average molecular weight is 479 g/mol. The first-order chi connectivity index (χ1) is 15.1. The van der Waals surface area contributed by atoms with Crippen LogP contribution in [-0.4, -0.2) is 89.1 Å². The largest absolute Gasteiger partial charge is 0.480 e. The Kier molecular flexibility index (Phi) is 15.0. The molecule has 0 fully saturated rings. The lowest BCUT2D eigenvalue weighted by atomic mass is 10.1. The topological polar surface area (TPSA) is 240 Å². The molecule has 0 saturated carbocycles. The van der Waals surface area contributed by atoms with Crippen LogP contribution in [0.2, 0.25) is 0 Å². The smallest absolute Gasteiger partial charge is 0.326 e. The molecule has 0 radical (unpaired) electrons. The number of thioether (sulfide) groups is 1. The number of carbonyl (C=O) groups is 5. The summed E-state index contributed by atoms with van der Waals surface area (Å²) in [7, 11) is 0. The molecule has 14 heteroatoms. The number of primary amides is 1. The summed E-state index contributed by atoms with van der Waals surface area (Å²) >= 11 is 1.42. The van der Waals surface area contributed by atoms with Crippen LogP contribution in [-0.2, 0) is 24.0 Å². The highest BCUT2D eigenvalue weighted by molar-refractivity contribution is 7.98. The maximum atomic E-state index is 12.7. The van der Waals surface area contributed by atoms with Crippen molar-refractivity contribution in [3.8, 4) is 0 Å². The van der Waals surface area contributed by atoms with Crippen molar-refractivity contribution in [3.63, 3.8) is 0 Å². The Labute approximate surface area is 190 Å².